The van der Waals surface area contributed by atoms with E-state index in [9.17, 15) is 9.59 Å². The van der Waals surface area contributed by atoms with Gasteiger partial charge >= 0.3 is 0 Å². The van der Waals surface area contributed by atoms with Gasteiger partial charge in [-0.3, -0.25) is 14.9 Å². The molecule has 0 unspecified atom stereocenters. The van der Waals surface area contributed by atoms with Crippen LogP contribution in [0.4, 0.5) is 11.4 Å². The number of carbonyl (C=O) groups excluding carboxylic acids is 2. The second-order valence-corrected chi connectivity index (χ2v) is 8.23. The van der Waals surface area contributed by atoms with Crippen molar-refractivity contribution in [1.82, 2.24) is 5.32 Å². The lowest BCUT2D eigenvalue weighted by molar-refractivity contribution is -0.115. The Kier molecular flexibility index (Phi) is 7.72. The number of hydrogen-bond donors (Lipinski definition) is 3. The lowest BCUT2D eigenvalue weighted by Gasteiger charge is -2.10. The number of anilines is 2. The molecule has 0 saturated heterocycles. The smallest absolute Gasteiger partial charge is 0.255 e. The van der Waals surface area contributed by atoms with Crippen molar-refractivity contribution < 1.29 is 14.0 Å². The fourth-order valence-corrected chi connectivity index (χ4v) is 3.50. The summed E-state index contributed by atoms with van der Waals surface area (Å²) >= 11 is 11.1. The SMILES string of the molecule is O=C(C=Cc1ccc(-c2ccc(Cl)cc2)o1)NC(=S)Nc1cccc(NC(=O)c2ccccc2)c1. The van der Waals surface area contributed by atoms with Gasteiger partial charge < -0.3 is 15.1 Å². The maximum Gasteiger partial charge on any atom is 0.255 e. The van der Waals surface area contributed by atoms with Crippen molar-refractivity contribution in [2.45, 2.75) is 0 Å². The quantitative estimate of drug-likeness (QED) is 0.211. The van der Waals surface area contributed by atoms with E-state index in [1.165, 1.54) is 6.08 Å². The molecule has 3 N–H and O–H groups in total. The van der Waals surface area contributed by atoms with Crippen LogP contribution in [0.5, 0.6) is 0 Å². The molecule has 0 atom stereocenters. The highest BCUT2D eigenvalue weighted by atomic mass is 35.5. The summed E-state index contributed by atoms with van der Waals surface area (Å²) < 4.78 is 5.74. The molecule has 0 bridgehead atoms. The number of halogens is 1. The van der Waals surface area contributed by atoms with Gasteiger partial charge in [0.2, 0.25) is 5.91 Å². The highest BCUT2D eigenvalue weighted by Gasteiger charge is 2.08. The summed E-state index contributed by atoms with van der Waals surface area (Å²) in [6.07, 6.45) is 2.88. The fourth-order valence-electron chi connectivity index (χ4n) is 3.15. The number of thiocarbonyl (C=S) groups is 1. The number of nitrogens with one attached hydrogen (secondary N) is 3. The molecule has 174 valence electrons. The van der Waals surface area contributed by atoms with Crippen LogP contribution < -0.4 is 16.0 Å². The van der Waals surface area contributed by atoms with E-state index in [4.69, 9.17) is 28.2 Å². The van der Waals surface area contributed by atoms with Gasteiger partial charge in [-0.2, -0.15) is 0 Å². The van der Waals surface area contributed by atoms with Crippen LogP contribution in [0.25, 0.3) is 17.4 Å². The predicted molar refractivity (Wildman–Crippen MR) is 143 cm³/mol. The minimum atomic E-state index is -0.416. The molecule has 4 aromatic rings. The topological polar surface area (TPSA) is 83.4 Å². The van der Waals surface area contributed by atoms with Crippen molar-refractivity contribution >= 4 is 58.2 Å². The monoisotopic (exact) mass is 501 g/mol. The molecule has 0 aliphatic heterocycles. The van der Waals surface area contributed by atoms with Crippen LogP contribution in [0, 0.1) is 0 Å². The first-order valence-electron chi connectivity index (χ1n) is 10.6. The normalized spacial score (nSPS) is 10.7. The van der Waals surface area contributed by atoms with Crippen LogP contribution >= 0.6 is 23.8 Å². The van der Waals surface area contributed by atoms with Gasteiger partial charge in [0, 0.05) is 33.6 Å². The van der Waals surface area contributed by atoms with Crippen LogP contribution in [0.2, 0.25) is 5.02 Å². The molecule has 1 heterocycles. The van der Waals surface area contributed by atoms with Crippen LogP contribution in [0.15, 0.2) is 101 Å². The summed E-state index contributed by atoms with van der Waals surface area (Å²) in [6, 6.07) is 26.8. The van der Waals surface area contributed by atoms with Crippen molar-refractivity contribution in [3.05, 3.63) is 113 Å². The maximum absolute atomic E-state index is 12.3. The fraction of sp³-hybridized carbons (Fsp3) is 0. The Morgan fingerprint density at radius 2 is 1.54 bits per heavy atom. The molecule has 0 aliphatic carbocycles. The third kappa shape index (κ3) is 6.89. The standard InChI is InChI=1S/C27H20ClN3O3S/c28-20-11-9-18(10-12-20)24-15-13-23(34-24)14-16-25(32)31-27(35)30-22-8-4-7-21(17-22)29-26(33)19-5-2-1-3-6-19/h1-17H,(H,29,33)(H2,30,31,32,35). The maximum atomic E-state index is 12.3. The molecule has 0 radical (unpaired) electrons. The van der Waals surface area contributed by atoms with Gasteiger partial charge in [0.1, 0.15) is 11.5 Å². The lowest BCUT2D eigenvalue weighted by atomic mass is 10.2. The van der Waals surface area contributed by atoms with Crippen molar-refractivity contribution in [3.63, 3.8) is 0 Å². The lowest BCUT2D eigenvalue weighted by Crippen LogP contribution is -2.32. The Bertz CT molecular complexity index is 1380. The number of benzene rings is 3. The highest BCUT2D eigenvalue weighted by Crippen LogP contribution is 2.24. The first kappa shape index (κ1) is 23.9. The highest BCUT2D eigenvalue weighted by molar-refractivity contribution is 7.80. The Hall–Kier alpha value is -4.20. The zero-order valence-corrected chi connectivity index (χ0v) is 19.9. The van der Waals surface area contributed by atoms with Gasteiger partial charge in [-0.25, -0.2) is 0 Å². The Morgan fingerprint density at radius 1 is 0.829 bits per heavy atom. The van der Waals surface area contributed by atoms with E-state index in [1.807, 2.05) is 24.3 Å². The summed E-state index contributed by atoms with van der Waals surface area (Å²) in [4.78, 5) is 24.6. The number of carbonyl (C=O) groups is 2. The molecule has 2 amide bonds. The molecule has 0 spiro atoms. The molecule has 6 nitrogen and oxygen atoms in total. The molecule has 0 saturated carbocycles. The predicted octanol–water partition coefficient (Wildman–Crippen LogP) is 6.38. The van der Waals surface area contributed by atoms with E-state index >= 15 is 0 Å². The van der Waals surface area contributed by atoms with Crippen molar-refractivity contribution in [3.8, 4) is 11.3 Å². The molecular weight excluding hydrogens is 482 g/mol. The molecule has 4 rings (SSSR count). The van der Waals surface area contributed by atoms with Gasteiger partial charge in [0.05, 0.1) is 0 Å². The molecule has 8 heteroatoms. The summed E-state index contributed by atoms with van der Waals surface area (Å²) in [6.45, 7) is 0. The molecule has 35 heavy (non-hydrogen) atoms. The largest absolute Gasteiger partial charge is 0.457 e. The van der Waals surface area contributed by atoms with E-state index in [2.05, 4.69) is 16.0 Å². The van der Waals surface area contributed by atoms with Crippen molar-refractivity contribution in [1.29, 1.82) is 0 Å². The second kappa shape index (κ2) is 11.3. The zero-order valence-electron chi connectivity index (χ0n) is 18.3. The van der Waals surface area contributed by atoms with Crippen LogP contribution in [-0.4, -0.2) is 16.9 Å². The van der Waals surface area contributed by atoms with E-state index in [0.29, 0.717) is 33.5 Å². The van der Waals surface area contributed by atoms with Gasteiger partial charge in [0.15, 0.2) is 5.11 Å². The van der Waals surface area contributed by atoms with Crippen molar-refractivity contribution in [2.75, 3.05) is 10.6 Å². The third-order valence-electron chi connectivity index (χ3n) is 4.81. The molecule has 3 aromatic carbocycles. The average Bonchev–Trinajstić information content (AvgIpc) is 3.33. The van der Waals surface area contributed by atoms with Gasteiger partial charge in [0.25, 0.3) is 5.91 Å². The first-order chi connectivity index (χ1) is 17.0. The summed E-state index contributed by atoms with van der Waals surface area (Å²) in [5, 5.41) is 9.11. The van der Waals surface area contributed by atoms with Crippen molar-refractivity contribution in [2.24, 2.45) is 0 Å². The zero-order chi connectivity index (χ0) is 24.6. The Balaban J connectivity index is 1.30. The van der Waals surface area contributed by atoms with E-state index < -0.39 is 5.91 Å². The Morgan fingerprint density at radius 3 is 2.29 bits per heavy atom. The number of rotatable bonds is 6. The number of furan rings is 1. The molecule has 1 aromatic heterocycles. The average molecular weight is 502 g/mol. The molecule has 0 fully saturated rings. The summed E-state index contributed by atoms with van der Waals surface area (Å²) in [7, 11) is 0. The van der Waals surface area contributed by atoms with E-state index in [0.717, 1.165) is 5.56 Å². The molecule has 0 aliphatic rings. The molecular formula is C27H20ClN3O3S. The van der Waals surface area contributed by atoms with E-state index in [-0.39, 0.29) is 11.0 Å². The minimum Gasteiger partial charge on any atom is -0.457 e. The van der Waals surface area contributed by atoms with Gasteiger partial charge in [-0.15, -0.1) is 0 Å². The summed E-state index contributed by atoms with van der Waals surface area (Å²) in [5.41, 5.74) is 2.64. The summed E-state index contributed by atoms with van der Waals surface area (Å²) in [5.74, 6) is 0.547. The van der Waals surface area contributed by atoms with E-state index in [1.54, 1.807) is 72.8 Å². The first-order valence-corrected chi connectivity index (χ1v) is 11.4. The van der Waals surface area contributed by atoms with Crippen LogP contribution in [0.3, 0.4) is 0 Å². The Labute approximate surface area is 212 Å². The van der Waals surface area contributed by atoms with Crippen LogP contribution in [0.1, 0.15) is 16.1 Å². The number of amides is 2. The van der Waals surface area contributed by atoms with Gasteiger partial charge in [-0.05, 0) is 85.0 Å². The van der Waals surface area contributed by atoms with Crippen LogP contribution in [-0.2, 0) is 4.79 Å². The third-order valence-corrected chi connectivity index (χ3v) is 5.26. The van der Waals surface area contributed by atoms with Gasteiger partial charge in [-0.1, -0.05) is 35.9 Å². The second-order valence-electron chi connectivity index (χ2n) is 7.39. The minimum absolute atomic E-state index is 0.118. The number of hydrogen-bond acceptors (Lipinski definition) is 4.